The van der Waals surface area contributed by atoms with Gasteiger partial charge in [-0.1, -0.05) is 11.8 Å². The molecule has 0 radical (unpaired) electrons. The summed E-state index contributed by atoms with van der Waals surface area (Å²) in [7, 11) is 0. The Kier molecular flexibility index (Phi) is 3.68. The minimum Gasteiger partial charge on any atom is -0.306 e. The molecule has 22 heavy (non-hydrogen) atoms. The molecule has 1 heterocycles. The first-order chi connectivity index (χ1) is 10.8. The van der Waals surface area contributed by atoms with E-state index < -0.39 is 5.82 Å². The zero-order chi connectivity index (χ0) is 15.4. The quantitative estimate of drug-likeness (QED) is 0.644. The Morgan fingerprint density at radius 1 is 1.00 bits per heavy atom. The molecular formula is C18H10FN3. The van der Waals surface area contributed by atoms with Crippen molar-refractivity contribution in [3.63, 3.8) is 0 Å². The van der Waals surface area contributed by atoms with Crippen molar-refractivity contribution < 1.29 is 4.39 Å². The number of nitrogens with zero attached hydrogens (tertiary/aromatic N) is 3. The highest BCUT2D eigenvalue weighted by Crippen LogP contribution is 2.11. The summed E-state index contributed by atoms with van der Waals surface area (Å²) < 4.78 is 15.6. The molecule has 1 aromatic heterocycles. The van der Waals surface area contributed by atoms with Gasteiger partial charge in [0.25, 0.3) is 0 Å². The Morgan fingerprint density at radius 3 is 2.41 bits per heavy atom. The van der Waals surface area contributed by atoms with E-state index in [1.54, 1.807) is 18.6 Å². The molecule has 0 N–H and O–H groups in total. The van der Waals surface area contributed by atoms with Gasteiger partial charge in [0, 0.05) is 23.6 Å². The number of halogens is 1. The van der Waals surface area contributed by atoms with Crippen molar-refractivity contribution in [1.29, 1.82) is 5.26 Å². The van der Waals surface area contributed by atoms with Crippen LogP contribution in [0.5, 0.6) is 0 Å². The maximum absolute atomic E-state index is 13.7. The van der Waals surface area contributed by atoms with Crippen molar-refractivity contribution in [3.05, 3.63) is 83.7 Å². The largest absolute Gasteiger partial charge is 0.306 e. The summed E-state index contributed by atoms with van der Waals surface area (Å²) in [5, 5.41) is 8.71. The van der Waals surface area contributed by atoms with Crippen LogP contribution in [-0.2, 0) is 0 Å². The molecule has 104 valence electrons. The van der Waals surface area contributed by atoms with Crippen molar-refractivity contribution >= 4 is 0 Å². The Balaban J connectivity index is 1.84. The van der Waals surface area contributed by atoms with Crippen molar-refractivity contribution in [1.82, 2.24) is 9.55 Å². The van der Waals surface area contributed by atoms with Gasteiger partial charge in [-0.15, -0.1) is 0 Å². The molecule has 0 saturated heterocycles. The van der Waals surface area contributed by atoms with Gasteiger partial charge < -0.3 is 4.57 Å². The lowest BCUT2D eigenvalue weighted by Gasteiger charge is -2.01. The maximum Gasteiger partial charge on any atom is 0.140 e. The molecule has 0 aliphatic heterocycles. The van der Waals surface area contributed by atoms with E-state index >= 15 is 0 Å². The van der Waals surface area contributed by atoms with E-state index in [1.165, 1.54) is 12.1 Å². The lowest BCUT2D eigenvalue weighted by molar-refractivity contribution is 0.624. The summed E-state index contributed by atoms with van der Waals surface area (Å²) in [5.74, 6) is 5.21. The van der Waals surface area contributed by atoms with Crippen molar-refractivity contribution in [2.24, 2.45) is 0 Å². The highest BCUT2D eigenvalue weighted by Gasteiger charge is 2.00. The van der Waals surface area contributed by atoms with E-state index in [0.717, 1.165) is 11.3 Å². The first-order valence-electron chi connectivity index (χ1n) is 6.56. The summed E-state index contributed by atoms with van der Waals surface area (Å²) in [6.45, 7) is 0. The molecule has 0 unspecified atom stereocenters. The smallest absolute Gasteiger partial charge is 0.140 e. The van der Waals surface area contributed by atoms with Crippen LogP contribution in [0.15, 0.2) is 61.2 Å². The van der Waals surface area contributed by atoms with E-state index in [-0.39, 0.29) is 11.1 Å². The first kappa shape index (κ1) is 13.6. The van der Waals surface area contributed by atoms with Gasteiger partial charge in [0.05, 0.1) is 23.5 Å². The third-order valence-corrected chi connectivity index (χ3v) is 3.11. The van der Waals surface area contributed by atoms with Crippen molar-refractivity contribution in [2.45, 2.75) is 0 Å². The van der Waals surface area contributed by atoms with E-state index in [2.05, 4.69) is 16.8 Å². The monoisotopic (exact) mass is 287 g/mol. The van der Waals surface area contributed by atoms with E-state index in [1.807, 2.05) is 41.1 Å². The Bertz CT molecular complexity index is 892. The normalized spacial score (nSPS) is 9.64. The fraction of sp³-hybridized carbons (Fsp3) is 0. The molecule has 0 aliphatic rings. The van der Waals surface area contributed by atoms with Gasteiger partial charge in [0.1, 0.15) is 5.82 Å². The van der Waals surface area contributed by atoms with Gasteiger partial charge in [-0.25, -0.2) is 9.37 Å². The van der Waals surface area contributed by atoms with Gasteiger partial charge >= 0.3 is 0 Å². The molecule has 3 aromatic rings. The number of hydrogen-bond acceptors (Lipinski definition) is 2. The molecule has 0 amide bonds. The minimum atomic E-state index is -0.485. The molecule has 3 rings (SSSR count). The second-order valence-electron chi connectivity index (χ2n) is 4.57. The highest BCUT2D eigenvalue weighted by molar-refractivity contribution is 5.47. The van der Waals surface area contributed by atoms with Crippen LogP contribution in [0.1, 0.15) is 16.7 Å². The molecule has 0 aliphatic carbocycles. The molecule has 0 saturated carbocycles. The number of benzene rings is 2. The van der Waals surface area contributed by atoms with E-state index in [9.17, 15) is 4.39 Å². The van der Waals surface area contributed by atoms with Crippen LogP contribution in [-0.4, -0.2) is 9.55 Å². The van der Waals surface area contributed by atoms with Crippen LogP contribution in [0.4, 0.5) is 4.39 Å². The number of nitriles is 1. The minimum absolute atomic E-state index is 0.276. The molecule has 3 nitrogen and oxygen atoms in total. The molecule has 0 atom stereocenters. The highest BCUT2D eigenvalue weighted by atomic mass is 19.1. The van der Waals surface area contributed by atoms with Gasteiger partial charge in [0.2, 0.25) is 0 Å². The molecule has 0 fully saturated rings. The maximum atomic E-state index is 13.7. The first-order valence-corrected chi connectivity index (χ1v) is 6.56. The summed E-state index contributed by atoms with van der Waals surface area (Å²) >= 11 is 0. The Morgan fingerprint density at radius 2 is 1.77 bits per heavy atom. The average molecular weight is 287 g/mol. The zero-order valence-electron chi connectivity index (χ0n) is 11.5. The lowest BCUT2D eigenvalue weighted by atomic mass is 10.1. The van der Waals surface area contributed by atoms with Crippen molar-refractivity contribution in [3.8, 4) is 23.6 Å². The van der Waals surface area contributed by atoms with E-state index in [4.69, 9.17) is 5.26 Å². The van der Waals surface area contributed by atoms with Crippen molar-refractivity contribution in [2.75, 3.05) is 0 Å². The number of rotatable bonds is 1. The SMILES string of the molecule is N#Cc1ccc(C#Cc2ccc(-n3ccnc3)cc2)c(F)c1. The number of imidazole rings is 1. The molecule has 0 bridgehead atoms. The number of aromatic nitrogens is 2. The second kappa shape index (κ2) is 5.95. The third kappa shape index (κ3) is 2.87. The third-order valence-electron chi connectivity index (χ3n) is 3.11. The summed E-state index contributed by atoms with van der Waals surface area (Å²) in [5.41, 5.74) is 2.32. The predicted molar refractivity (Wildman–Crippen MR) is 80.7 cm³/mol. The summed E-state index contributed by atoms with van der Waals surface area (Å²) in [4.78, 5) is 3.99. The fourth-order valence-corrected chi connectivity index (χ4v) is 1.95. The molecule has 0 spiro atoms. The van der Waals surface area contributed by atoms with Crippen LogP contribution in [0.3, 0.4) is 0 Å². The molecule has 4 heteroatoms. The van der Waals surface area contributed by atoms with Gasteiger partial charge in [-0.2, -0.15) is 5.26 Å². The molecular weight excluding hydrogens is 277 g/mol. The van der Waals surface area contributed by atoms with Gasteiger partial charge in [0.15, 0.2) is 0 Å². The summed E-state index contributed by atoms with van der Waals surface area (Å²) in [6.07, 6.45) is 5.28. The average Bonchev–Trinajstić information content (AvgIpc) is 3.08. The van der Waals surface area contributed by atoms with Crippen LogP contribution >= 0.6 is 0 Å². The van der Waals surface area contributed by atoms with Crippen LogP contribution in [0, 0.1) is 29.0 Å². The van der Waals surface area contributed by atoms with Crippen LogP contribution < -0.4 is 0 Å². The topological polar surface area (TPSA) is 41.6 Å². The fourth-order valence-electron chi connectivity index (χ4n) is 1.95. The zero-order valence-corrected chi connectivity index (χ0v) is 11.5. The lowest BCUT2D eigenvalue weighted by Crippen LogP contribution is -1.89. The van der Waals surface area contributed by atoms with E-state index in [0.29, 0.717) is 0 Å². The summed E-state index contributed by atoms with van der Waals surface area (Å²) in [6, 6.07) is 13.7. The van der Waals surface area contributed by atoms with Crippen LogP contribution in [0.2, 0.25) is 0 Å². The standard InChI is InChI=1S/C18H10FN3/c19-18-11-15(12-20)2-6-16(18)5-1-14-3-7-17(8-4-14)22-10-9-21-13-22/h2-4,6-11,13H. The Labute approximate surface area is 127 Å². The molecule has 2 aromatic carbocycles. The number of hydrogen-bond donors (Lipinski definition) is 0. The van der Waals surface area contributed by atoms with Gasteiger partial charge in [-0.05, 0) is 42.5 Å². The predicted octanol–water partition coefficient (Wildman–Crippen LogP) is 3.28. The van der Waals surface area contributed by atoms with Crippen LogP contribution in [0.25, 0.3) is 5.69 Å². The second-order valence-corrected chi connectivity index (χ2v) is 4.57. The van der Waals surface area contributed by atoms with Gasteiger partial charge in [-0.3, -0.25) is 0 Å². The Hall–Kier alpha value is -3.37.